The molecule has 1 aromatic carbocycles. The second-order valence-corrected chi connectivity index (χ2v) is 5.41. The van der Waals surface area contributed by atoms with Crippen LogP contribution in [0.15, 0.2) is 35.1 Å². The van der Waals surface area contributed by atoms with Crippen LogP contribution in [0.5, 0.6) is 0 Å². The molecule has 104 valence electrons. The molecule has 0 saturated carbocycles. The van der Waals surface area contributed by atoms with Gasteiger partial charge < -0.3 is 4.98 Å². The molecule has 4 heteroatoms. The minimum atomic E-state index is -0.0669. The molecule has 0 aliphatic carbocycles. The molecule has 1 aliphatic rings. The van der Waals surface area contributed by atoms with Crippen molar-refractivity contribution in [3.63, 3.8) is 0 Å². The Kier molecular flexibility index (Phi) is 3.65. The highest BCUT2D eigenvalue weighted by atomic mass is 16.1. The molecule has 1 aromatic heterocycles. The largest absolute Gasteiger partial charge is 0.311 e. The Morgan fingerprint density at radius 3 is 2.90 bits per heavy atom. The third-order valence-corrected chi connectivity index (χ3v) is 3.73. The minimum absolute atomic E-state index is 0.0669. The molecule has 0 amide bonds. The van der Waals surface area contributed by atoms with Crippen LogP contribution in [-0.4, -0.2) is 21.4 Å². The van der Waals surface area contributed by atoms with Gasteiger partial charge in [-0.1, -0.05) is 24.3 Å². The molecule has 0 saturated heterocycles. The lowest BCUT2D eigenvalue weighted by Gasteiger charge is -2.19. The number of hydrogen-bond acceptors (Lipinski definition) is 3. The highest BCUT2D eigenvalue weighted by molar-refractivity contribution is 5.28. The number of benzene rings is 1. The number of nitrogens with one attached hydrogen (secondary N) is 1. The van der Waals surface area contributed by atoms with E-state index in [1.807, 2.05) is 6.92 Å². The summed E-state index contributed by atoms with van der Waals surface area (Å²) in [5, 5.41) is 0. The van der Waals surface area contributed by atoms with Gasteiger partial charge in [0.05, 0.1) is 5.69 Å². The highest BCUT2D eigenvalue weighted by Gasteiger charge is 2.14. The third kappa shape index (κ3) is 2.96. The summed E-state index contributed by atoms with van der Waals surface area (Å²) >= 11 is 0. The molecule has 1 N–H and O–H groups in total. The lowest BCUT2D eigenvalue weighted by Crippen LogP contribution is -2.24. The van der Waals surface area contributed by atoms with Crippen molar-refractivity contribution in [2.45, 2.75) is 32.9 Å². The Bertz CT molecular complexity index is 663. The molecule has 0 fully saturated rings. The van der Waals surface area contributed by atoms with E-state index >= 15 is 0 Å². The Labute approximate surface area is 118 Å². The van der Waals surface area contributed by atoms with E-state index in [9.17, 15) is 4.79 Å². The van der Waals surface area contributed by atoms with Crippen molar-refractivity contribution in [1.29, 1.82) is 0 Å². The van der Waals surface area contributed by atoms with Gasteiger partial charge in [0, 0.05) is 19.2 Å². The van der Waals surface area contributed by atoms with Gasteiger partial charge in [-0.05, 0) is 37.4 Å². The number of aromatic nitrogens is 2. The molecular formula is C16H19N3O. The predicted octanol–water partition coefficient (Wildman–Crippen LogP) is 2.03. The molecule has 3 rings (SSSR count). The molecule has 0 unspecified atom stereocenters. The van der Waals surface area contributed by atoms with Crippen LogP contribution in [0, 0.1) is 6.92 Å². The van der Waals surface area contributed by atoms with Gasteiger partial charge in [-0.15, -0.1) is 0 Å². The summed E-state index contributed by atoms with van der Waals surface area (Å²) < 4.78 is 0. The van der Waals surface area contributed by atoms with Crippen molar-refractivity contribution in [2.24, 2.45) is 0 Å². The number of fused-ring (bicyclic) bond motifs is 1. The van der Waals surface area contributed by atoms with Gasteiger partial charge in [-0.2, -0.15) is 0 Å². The zero-order valence-corrected chi connectivity index (χ0v) is 11.7. The molecular weight excluding hydrogens is 250 g/mol. The first-order valence-electron chi connectivity index (χ1n) is 7.07. The Hall–Kier alpha value is -1.94. The molecule has 0 bridgehead atoms. The van der Waals surface area contributed by atoms with E-state index in [4.69, 9.17) is 0 Å². The van der Waals surface area contributed by atoms with E-state index in [1.54, 1.807) is 6.07 Å². The van der Waals surface area contributed by atoms with Crippen LogP contribution in [-0.2, 0) is 19.5 Å². The van der Waals surface area contributed by atoms with E-state index in [2.05, 4.69) is 39.1 Å². The van der Waals surface area contributed by atoms with Crippen molar-refractivity contribution < 1.29 is 0 Å². The van der Waals surface area contributed by atoms with Crippen molar-refractivity contribution in [3.05, 3.63) is 63.3 Å². The summed E-state index contributed by atoms with van der Waals surface area (Å²) in [7, 11) is 0. The number of rotatable bonds is 2. The SMILES string of the molecule is Cc1nc(CN2CCCc3ccccc3C2)cc(=O)[nH]1. The highest BCUT2D eigenvalue weighted by Crippen LogP contribution is 2.19. The van der Waals surface area contributed by atoms with Gasteiger partial charge in [0.25, 0.3) is 5.56 Å². The number of aromatic amines is 1. The summed E-state index contributed by atoms with van der Waals surface area (Å²) in [6.45, 7) is 4.54. The van der Waals surface area contributed by atoms with Crippen LogP contribution in [0.25, 0.3) is 0 Å². The van der Waals surface area contributed by atoms with Crippen LogP contribution in [0.1, 0.15) is 29.1 Å². The second kappa shape index (κ2) is 5.59. The lowest BCUT2D eigenvalue weighted by atomic mass is 10.0. The van der Waals surface area contributed by atoms with Gasteiger partial charge in [0.1, 0.15) is 5.82 Å². The van der Waals surface area contributed by atoms with E-state index in [-0.39, 0.29) is 5.56 Å². The quantitative estimate of drug-likeness (QED) is 0.907. The average Bonchev–Trinajstić information content (AvgIpc) is 2.59. The Balaban J connectivity index is 1.80. The van der Waals surface area contributed by atoms with Gasteiger partial charge >= 0.3 is 0 Å². The predicted molar refractivity (Wildman–Crippen MR) is 78.5 cm³/mol. The van der Waals surface area contributed by atoms with E-state index in [1.165, 1.54) is 11.1 Å². The summed E-state index contributed by atoms with van der Waals surface area (Å²) in [5.41, 5.74) is 3.63. The molecule has 0 radical (unpaired) electrons. The fourth-order valence-corrected chi connectivity index (χ4v) is 2.86. The van der Waals surface area contributed by atoms with Gasteiger partial charge in [0.2, 0.25) is 0 Å². The normalized spacial score (nSPS) is 15.7. The van der Waals surface area contributed by atoms with Gasteiger partial charge in [0.15, 0.2) is 0 Å². The first kappa shape index (κ1) is 13.1. The lowest BCUT2D eigenvalue weighted by molar-refractivity contribution is 0.257. The topological polar surface area (TPSA) is 49.0 Å². The average molecular weight is 269 g/mol. The van der Waals surface area contributed by atoms with Gasteiger partial charge in [-0.25, -0.2) is 4.98 Å². The van der Waals surface area contributed by atoms with E-state index < -0.39 is 0 Å². The summed E-state index contributed by atoms with van der Waals surface area (Å²) in [6.07, 6.45) is 2.29. The van der Waals surface area contributed by atoms with Gasteiger partial charge in [-0.3, -0.25) is 9.69 Å². The summed E-state index contributed by atoms with van der Waals surface area (Å²) in [5.74, 6) is 0.683. The molecule has 20 heavy (non-hydrogen) atoms. The number of aryl methyl sites for hydroxylation is 2. The molecule has 1 aliphatic heterocycles. The minimum Gasteiger partial charge on any atom is -0.311 e. The number of hydrogen-bond donors (Lipinski definition) is 1. The van der Waals surface area contributed by atoms with E-state index in [0.717, 1.165) is 38.2 Å². The van der Waals surface area contributed by atoms with Crippen LogP contribution < -0.4 is 5.56 Å². The zero-order chi connectivity index (χ0) is 13.9. The Morgan fingerprint density at radius 2 is 2.10 bits per heavy atom. The monoisotopic (exact) mass is 269 g/mol. The summed E-state index contributed by atoms with van der Waals surface area (Å²) in [6, 6.07) is 10.2. The van der Waals surface area contributed by atoms with Crippen LogP contribution in [0.3, 0.4) is 0 Å². The maximum atomic E-state index is 11.5. The zero-order valence-electron chi connectivity index (χ0n) is 11.7. The van der Waals surface area contributed by atoms with Crippen molar-refractivity contribution >= 4 is 0 Å². The standard InChI is InChI=1S/C16H19N3O/c1-12-17-15(9-16(20)18-12)11-19-8-4-7-13-5-2-3-6-14(13)10-19/h2-3,5-6,9H,4,7-8,10-11H2,1H3,(H,17,18,20). The maximum absolute atomic E-state index is 11.5. The van der Waals surface area contributed by atoms with Crippen LogP contribution in [0.2, 0.25) is 0 Å². The maximum Gasteiger partial charge on any atom is 0.251 e. The van der Waals surface area contributed by atoms with Crippen molar-refractivity contribution in [2.75, 3.05) is 6.54 Å². The third-order valence-electron chi connectivity index (χ3n) is 3.73. The molecule has 2 aromatic rings. The van der Waals surface area contributed by atoms with Crippen molar-refractivity contribution in [3.8, 4) is 0 Å². The second-order valence-electron chi connectivity index (χ2n) is 5.41. The molecule has 2 heterocycles. The molecule has 4 nitrogen and oxygen atoms in total. The van der Waals surface area contributed by atoms with Crippen LogP contribution in [0.4, 0.5) is 0 Å². The Morgan fingerprint density at radius 1 is 1.30 bits per heavy atom. The molecule has 0 atom stereocenters. The van der Waals surface area contributed by atoms with E-state index in [0.29, 0.717) is 5.82 Å². The summed E-state index contributed by atoms with van der Waals surface area (Å²) in [4.78, 5) is 21.0. The van der Waals surface area contributed by atoms with Crippen molar-refractivity contribution in [1.82, 2.24) is 14.9 Å². The number of nitrogens with zero attached hydrogens (tertiary/aromatic N) is 2. The number of H-pyrrole nitrogens is 1. The smallest absolute Gasteiger partial charge is 0.251 e. The molecule has 0 spiro atoms. The first-order chi connectivity index (χ1) is 9.70. The van der Waals surface area contributed by atoms with Crippen LogP contribution >= 0.6 is 0 Å². The fraction of sp³-hybridized carbons (Fsp3) is 0.375. The fourth-order valence-electron chi connectivity index (χ4n) is 2.86. The first-order valence-corrected chi connectivity index (χ1v) is 7.07.